The van der Waals surface area contributed by atoms with Crippen molar-refractivity contribution in [2.24, 2.45) is 0 Å². The van der Waals surface area contributed by atoms with Crippen LogP contribution in [0.5, 0.6) is 5.75 Å². The monoisotopic (exact) mass is 408 g/mol. The minimum atomic E-state index is -0.477. The molecule has 1 heterocycles. The molecule has 0 atom stereocenters. The topological polar surface area (TPSA) is 69.9 Å². The Balaban J connectivity index is 1.71. The van der Waals surface area contributed by atoms with E-state index in [1.54, 1.807) is 22.9 Å². The van der Waals surface area contributed by atoms with Crippen LogP contribution in [-0.2, 0) is 4.79 Å². The van der Waals surface area contributed by atoms with Gasteiger partial charge in [-0.3, -0.25) is 4.79 Å². The average Bonchev–Trinajstić information content (AvgIpc) is 3.07. The summed E-state index contributed by atoms with van der Waals surface area (Å²) in [5, 5.41) is 12.7. The molecule has 0 aliphatic carbocycles. The summed E-state index contributed by atoms with van der Waals surface area (Å²) in [5.41, 5.74) is 2.98. The van der Waals surface area contributed by atoms with Gasteiger partial charge in [0.25, 0.3) is 0 Å². The second-order valence-electron chi connectivity index (χ2n) is 5.48. The Kier molecular flexibility index (Phi) is 5.80. The Morgan fingerprint density at radius 2 is 2.04 bits per heavy atom. The van der Waals surface area contributed by atoms with Gasteiger partial charge in [0, 0.05) is 0 Å². The molecule has 0 unspecified atom stereocenters. The maximum atomic E-state index is 12.1. The molecule has 26 heavy (non-hydrogen) atoms. The largest absolute Gasteiger partial charge is 0.424 e. The van der Waals surface area contributed by atoms with Crippen LogP contribution in [0.1, 0.15) is 11.1 Å². The molecule has 6 nitrogen and oxygen atoms in total. The van der Waals surface area contributed by atoms with E-state index in [1.165, 1.54) is 11.8 Å². The number of tetrazole rings is 1. The quantitative estimate of drug-likeness (QED) is 0.356. The lowest BCUT2D eigenvalue weighted by Gasteiger charge is -2.09. The van der Waals surface area contributed by atoms with Crippen LogP contribution in [0.25, 0.3) is 5.69 Å². The number of hydrogen-bond acceptors (Lipinski definition) is 6. The van der Waals surface area contributed by atoms with Crippen LogP contribution >= 0.6 is 35.0 Å². The highest BCUT2D eigenvalue weighted by molar-refractivity contribution is 7.99. The zero-order valence-corrected chi connectivity index (χ0v) is 16.3. The third-order valence-corrected chi connectivity index (χ3v) is 5.19. The highest BCUT2D eigenvalue weighted by atomic mass is 35.5. The van der Waals surface area contributed by atoms with Gasteiger partial charge in [-0.15, -0.1) is 5.10 Å². The Hall–Kier alpha value is -2.09. The second kappa shape index (κ2) is 8.07. The number of halogens is 2. The van der Waals surface area contributed by atoms with Crippen LogP contribution in [-0.4, -0.2) is 31.9 Å². The first-order valence-corrected chi connectivity index (χ1v) is 9.33. The first-order chi connectivity index (χ1) is 12.5. The number of benzene rings is 2. The molecule has 3 rings (SSSR count). The number of aromatic nitrogens is 4. The first-order valence-electron chi connectivity index (χ1n) is 7.59. The van der Waals surface area contributed by atoms with Gasteiger partial charge in [0.15, 0.2) is 5.75 Å². The van der Waals surface area contributed by atoms with E-state index in [4.69, 9.17) is 27.9 Å². The maximum absolute atomic E-state index is 12.1. The molecule has 134 valence electrons. The van der Waals surface area contributed by atoms with Gasteiger partial charge in [-0.25, -0.2) is 0 Å². The first kappa shape index (κ1) is 18.7. The lowest BCUT2D eigenvalue weighted by molar-refractivity contribution is -0.131. The lowest BCUT2D eigenvalue weighted by Crippen LogP contribution is -2.12. The van der Waals surface area contributed by atoms with Crippen LogP contribution < -0.4 is 4.74 Å². The van der Waals surface area contributed by atoms with E-state index < -0.39 is 5.97 Å². The van der Waals surface area contributed by atoms with Crippen LogP contribution in [0, 0.1) is 13.8 Å². The normalized spacial score (nSPS) is 10.8. The Morgan fingerprint density at radius 1 is 1.23 bits per heavy atom. The van der Waals surface area contributed by atoms with Gasteiger partial charge in [0.2, 0.25) is 5.16 Å². The number of nitrogens with zero attached hydrogens (tertiary/aromatic N) is 4. The van der Waals surface area contributed by atoms with Crippen molar-refractivity contribution in [3.8, 4) is 11.4 Å². The van der Waals surface area contributed by atoms with E-state index in [2.05, 4.69) is 15.5 Å². The van der Waals surface area contributed by atoms with Crippen molar-refractivity contribution in [3.63, 3.8) is 0 Å². The van der Waals surface area contributed by atoms with Crippen LogP contribution in [0.2, 0.25) is 10.0 Å². The fraction of sp³-hybridized carbons (Fsp3) is 0.176. The van der Waals surface area contributed by atoms with Crippen molar-refractivity contribution >= 4 is 40.9 Å². The molecule has 0 radical (unpaired) electrons. The molecule has 1 aromatic heterocycles. The van der Waals surface area contributed by atoms with Crippen molar-refractivity contribution in [3.05, 3.63) is 57.6 Å². The zero-order valence-electron chi connectivity index (χ0n) is 13.9. The van der Waals surface area contributed by atoms with Gasteiger partial charge >= 0.3 is 5.97 Å². The fourth-order valence-electron chi connectivity index (χ4n) is 2.21. The number of esters is 1. The van der Waals surface area contributed by atoms with Gasteiger partial charge in [-0.2, -0.15) is 4.68 Å². The molecule has 9 heteroatoms. The van der Waals surface area contributed by atoms with E-state index in [-0.39, 0.29) is 16.5 Å². The summed E-state index contributed by atoms with van der Waals surface area (Å²) in [7, 11) is 0. The number of rotatable bonds is 5. The third kappa shape index (κ3) is 4.17. The van der Waals surface area contributed by atoms with E-state index in [1.807, 2.05) is 32.0 Å². The number of carbonyl (C=O) groups is 1. The molecule has 0 aliphatic heterocycles. The Labute approximate surface area is 164 Å². The molecule has 0 saturated carbocycles. The molecule has 0 aliphatic rings. The van der Waals surface area contributed by atoms with Crippen LogP contribution in [0.4, 0.5) is 0 Å². The van der Waals surface area contributed by atoms with E-state index in [0.29, 0.717) is 10.2 Å². The van der Waals surface area contributed by atoms with Crippen molar-refractivity contribution in [2.45, 2.75) is 19.0 Å². The predicted octanol–water partition coefficient (Wildman–Crippen LogP) is 4.28. The summed E-state index contributed by atoms with van der Waals surface area (Å²) >= 11 is 13.1. The van der Waals surface area contributed by atoms with Crippen molar-refractivity contribution in [1.82, 2.24) is 20.2 Å². The summed E-state index contributed by atoms with van der Waals surface area (Å²) < 4.78 is 6.86. The summed E-state index contributed by atoms with van der Waals surface area (Å²) in [6, 6.07) is 10.9. The average molecular weight is 409 g/mol. The maximum Gasteiger partial charge on any atom is 0.321 e. The smallest absolute Gasteiger partial charge is 0.321 e. The van der Waals surface area contributed by atoms with Gasteiger partial charge in [-0.05, 0) is 53.6 Å². The minimum absolute atomic E-state index is 0.0219. The highest BCUT2D eigenvalue weighted by Gasteiger charge is 2.15. The van der Waals surface area contributed by atoms with E-state index >= 15 is 0 Å². The van der Waals surface area contributed by atoms with Crippen LogP contribution in [0.15, 0.2) is 41.6 Å². The van der Waals surface area contributed by atoms with E-state index in [0.717, 1.165) is 16.8 Å². The molecule has 3 aromatic rings. The highest BCUT2D eigenvalue weighted by Crippen LogP contribution is 2.32. The standard InChI is InChI=1S/C17H14Cl2N4O2S/c1-10-6-7-11(2)13(8-10)23-17(20-21-22-23)26-9-15(24)25-14-5-3-4-12(18)16(14)19/h3-8H,9H2,1-2H3. The van der Waals surface area contributed by atoms with Gasteiger partial charge in [0.1, 0.15) is 5.02 Å². The summed E-state index contributed by atoms with van der Waals surface area (Å²) in [6.45, 7) is 3.96. The number of thioether (sulfide) groups is 1. The van der Waals surface area contributed by atoms with Crippen molar-refractivity contribution in [1.29, 1.82) is 0 Å². The summed E-state index contributed by atoms with van der Waals surface area (Å²) in [4.78, 5) is 12.1. The zero-order chi connectivity index (χ0) is 18.7. The van der Waals surface area contributed by atoms with E-state index in [9.17, 15) is 4.79 Å². The molecule has 0 N–H and O–H groups in total. The SMILES string of the molecule is Cc1ccc(C)c(-n2nnnc2SCC(=O)Oc2cccc(Cl)c2Cl)c1. The molecule has 0 fully saturated rings. The molecule has 0 saturated heterocycles. The van der Waals surface area contributed by atoms with Crippen molar-refractivity contribution in [2.75, 3.05) is 5.75 Å². The number of hydrogen-bond donors (Lipinski definition) is 0. The molecule has 0 amide bonds. The van der Waals surface area contributed by atoms with Gasteiger partial charge in [0.05, 0.1) is 16.5 Å². The predicted molar refractivity (Wildman–Crippen MR) is 101 cm³/mol. The third-order valence-electron chi connectivity index (χ3n) is 3.49. The van der Waals surface area contributed by atoms with Gasteiger partial charge < -0.3 is 4.74 Å². The van der Waals surface area contributed by atoms with Crippen molar-refractivity contribution < 1.29 is 9.53 Å². The second-order valence-corrected chi connectivity index (χ2v) is 7.21. The Bertz CT molecular complexity index is 962. The summed E-state index contributed by atoms with van der Waals surface area (Å²) in [6.07, 6.45) is 0. The van der Waals surface area contributed by atoms with Crippen LogP contribution in [0.3, 0.4) is 0 Å². The minimum Gasteiger partial charge on any atom is -0.424 e. The number of carbonyl (C=O) groups excluding carboxylic acids is 1. The molecule has 0 spiro atoms. The van der Waals surface area contributed by atoms with Gasteiger partial charge in [-0.1, -0.05) is 53.2 Å². The number of aryl methyl sites for hydroxylation is 2. The molecular weight excluding hydrogens is 395 g/mol. The fourth-order valence-corrected chi connectivity index (χ4v) is 3.19. The molecule has 2 aromatic carbocycles. The lowest BCUT2D eigenvalue weighted by atomic mass is 10.1. The molecule has 0 bridgehead atoms. The molecular formula is C17H14Cl2N4O2S. The Morgan fingerprint density at radius 3 is 2.85 bits per heavy atom. The summed E-state index contributed by atoms with van der Waals surface area (Å²) in [5.74, 6) is -0.234. The number of ether oxygens (including phenoxy) is 1.